The highest BCUT2D eigenvalue weighted by molar-refractivity contribution is 6.02. The summed E-state index contributed by atoms with van der Waals surface area (Å²) >= 11 is 0. The van der Waals surface area contributed by atoms with Gasteiger partial charge in [0.25, 0.3) is 0 Å². The molecule has 1 heterocycles. The molecule has 0 saturated heterocycles. The summed E-state index contributed by atoms with van der Waals surface area (Å²) in [6.07, 6.45) is 3.32. The fraction of sp³-hybridized carbons (Fsp3) is 0.136. The molecule has 1 heteroatoms. The second kappa shape index (κ2) is 6.21. The summed E-state index contributed by atoms with van der Waals surface area (Å²) in [6.45, 7) is 0. The number of aryl methyl sites for hydroxylation is 1. The van der Waals surface area contributed by atoms with Crippen LogP contribution in [0.5, 0.6) is 0 Å². The standard InChI is InChI=1S/C22H19N/c1-2-7-17(8-3-1)18-13-15-20(16-14-18)22-12-6-10-19-9-4-5-11-21(19)23-22/h1-5,7-9,11,13-16H,6,10,12H2. The molecule has 4 rings (SSSR count). The van der Waals surface area contributed by atoms with Gasteiger partial charge in [0.05, 0.1) is 5.69 Å². The van der Waals surface area contributed by atoms with E-state index in [1.165, 1.54) is 28.0 Å². The zero-order chi connectivity index (χ0) is 15.5. The molecule has 1 nitrogen and oxygen atoms in total. The summed E-state index contributed by atoms with van der Waals surface area (Å²) in [5.74, 6) is 0. The summed E-state index contributed by atoms with van der Waals surface area (Å²) < 4.78 is 0. The van der Waals surface area contributed by atoms with E-state index in [2.05, 4.69) is 78.9 Å². The first-order valence-corrected chi connectivity index (χ1v) is 8.21. The normalized spacial score (nSPS) is 13.8. The zero-order valence-corrected chi connectivity index (χ0v) is 13.1. The van der Waals surface area contributed by atoms with E-state index in [9.17, 15) is 0 Å². The van der Waals surface area contributed by atoms with Crippen LogP contribution in [0.25, 0.3) is 11.1 Å². The lowest BCUT2D eigenvalue weighted by Gasteiger charge is -2.07. The van der Waals surface area contributed by atoms with Crippen LogP contribution in [-0.2, 0) is 6.42 Å². The van der Waals surface area contributed by atoms with E-state index in [4.69, 9.17) is 4.99 Å². The molecule has 0 N–H and O–H groups in total. The molecule has 3 aromatic carbocycles. The lowest BCUT2D eigenvalue weighted by atomic mass is 10.00. The molecule has 0 fully saturated rings. The Morgan fingerprint density at radius 1 is 0.565 bits per heavy atom. The van der Waals surface area contributed by atoms with Gasteiger partial charge >= 0.3 is 0 Å². The predicted octanol–water partition coefficient (Wildman–Crippen LogP) is 5.81. The van der Waals surface area contributed by atoms with Crippen LogP contribution in [0.15, 0.2) is 83.9 Å². The van der Waals surface area contributed by atoms with E-state index in [-0.39, 0.29) is 0 Å². The third-order valence-corrected chi connectivity index (χ3v) is 4.43. The first-order chi connectivity index (χ1) is 11.4. The van der Waals surface area contributed by atoms with Gasteiger partial charge in [-0.2, -0.15) is 0 Å². The lowest BCUT2D eigenvalue weighted by Crippen LogP contribution is -1.99. The molecule has 3 aromatic rings. The third kappa shape index (κ3) is 2.95. The Hall–Kier alpha value is -2.67. The van der Waals surface area contributed by atoms with Gasteiger partial charge in [-0.25, -0.2) is 0 Å². The van der Waals surface area contributed by atoms with Crippen LogP contribution < -0.4 is 0 Å². The average molecular weight is 297 g/mol. The maximum Gasteiger partial charge on any atom is 0.0665 e. The summed E-state index contributed by atoms with van der Waals surface area (Å²) in [6, 6.07) is 27.8. The van der Waals surface area contributed by atoms with Crippen molar-refractivity contribution in [1.29, 1.82) is 0 Å². The van der Waals surface area contributed by atoms with Crippen LogP contribution in [0.1, 0.15) is 24.0 Å². The number of hydrogen-bond acceptors (Lipinski definition) is 1. The first-order valence-electron chi connectivity index (χ1n) is 8.21. The Bertz CT molecular complexity index is 829. The summed E-state index contributed by atoms with van der Waals surface area (Å²) in [5.41, 5.74) is 7.45. The number of para-hydroxylation sites is 1. The van der Waals surface area contributed by atoms with Crippen LogP contribution >= 0.6 is 0 Å². The van der Waals surface area contributed by atoms with Crippen molar-refractivity contribution >= 4 is 11.4 Å². The highest BCUT2D eigenvalue weighted by Gasteiger charge is 2.11. The minimum atomic E-state index is 1.04. The highest BCUT2D eigenvalue weighted by Crippen LogP contribution is 2.27. The molecule has 112 valence electrons. The van der Waals surface area contributed by atoms with E-state index < -0.39 is 0 Å². The van der Waals surface area contributed by atoms with Gasteiger partial charge in [0.15, 0.2) is 0 Å². The van der Waals surface area contributed by atoms with Gasteiger partial charge in [0.1, 0.15) is 0 Å². The highest BCUT2D eigenvalue weighted by atomic mass is 14.8. The number of benzene rings is 3. The summed E-state index contributed by atoms with van der Waals surface area (Å²) in [4.78, 5) is 4.93. The maximum atomic E-state index is 4.93. The molecule has 0 radical (unpaired) electrons. The molecule has 0 atom stereocenters. The Balaban J connectivity index is 1.67. The number of nitrogens with zero attached hydrogens (tertiary/aromatic N) is 1. The quantitative estimate of drug-likeness (QED) is 0.566. The van der Waals surface area contributed by atoms with E-state index in [1.54, 1.807) is 0 Å². The number of rotatable bonds is 2. The fourth-order valence-electron chi connectivity index (χ4n) is 3.17. The molecule has 0 aromatic heterocycles. The zero-order valence-electron chi connectivity index (χ0n) is 13.1. The smallest absolute Gasteiger partial charge is 0.0665 e. The molecular formula is C22H19N. The second-order valence-corrected chi connectivity index (χ2v) is 5.98. The Kier molecular flexibility index (Phi) is 3.77. The van der Waals surface area contributed by atoms with E-state index in [0.717, 1.165) is 24.9 Å². The van der Waals surface area contributed by atoms with E-state index in [0.29, 0.717) is 0 Å². The van der Waals surface area contributed by atoms with Crippen molar-refractivity contribution in [2.75, 3.05) is 0 Å². The largest absolute Gasteiger partial charge is 0.253 e. The van der Waals surface area contributed by atoms with Crippen molar-refractivity contribution in [1.82, 2.24) is 0 Å². The molecule has 0 amide bonds. The van der Waals surface area contributed by atoms with Crippen molar-refractivity contribution in [3.63, 3.8) is 0 Å². The topological polar surface area (TPSA) is 12.4 Å². The molecule has 0 spiro atoms. The Morgan fingerprint density at radius 3 is 2.04 bits per heavy atom. The van der Waals surface area contributed by atoms with E-state index >= 15 is 0 Å². The number of aliphatic imine (C=N–C) groups is 1. The predicted molar refractivity (Wildman–Crippen MR) is 97.5 cm³/mol. The van der Waals surface area contributed by atoms with Gasteiger partial charge in [-0.1, -0.05) is 72.8 Å². The van der Waals surface area contributed by atoms with Crippen LogP contribution in [0.3, 0.4) is 0 Å². The monoisotopic (exact) mass is 297 g/mol. The van der Waals surface area contributed by atoms with Gasteiger partial charge in [-0.3, -0.25) is 4.99 Å². The fourth-order valence-corrected chi connectivity index (χ4v) is 3.17. The number of fused-ring (bicyclic) bond motifs is 1. The van der Waals surface area contributed by atoms with Crippen LogP contribution in [0, 0.1) is 0 Å². The van der Waals surface area contributed by atoms with Gasteiger partial charge < -0.3 is 0 Å². The Labute approximate surface area is 137 Å². The summed E-state index contributed by atoms with van der Waals surface area (Å²) in [7, 11) is 0. The van der Waals surface area contributed by atoms with Crippen LogP contribution in [-0.4, -0.2) is 5.71 Å². The van der Waals surface area contributed by atoms with Crippen molar-refractivity contribution < 1.29 is 0 Å². The minimum absolute atomic E-state index is 1.04. The van der Waals surface area contributed by atoms with Crippen LogP contribution in [0.2, 0.25) is 0 Å². The van der Waals surface area contributed by atoms with Crippen molar-refractivity contribution in [2.45, 2.75) is 19.3 Å². The molecule has 1 aliphatic rings. The molecule has 0 aliphatic carbocycles. The Morgan fingerprint density at radius 2 is 1.22 bits per heavy atom. The lowest BCUT2D eigenvalue weighted by molar-refractivity contribution is 0.878. The number of hydrogen-bond donors (Lipinski definition) is 0. The molecule has 0 bridgehead atoms. The SMILES string of the molecule is c1ccc(-c2ccc(C3=Nc4ccccc4CCC3)cc2)cc1. The molecule has 0 unspecified atom stereocenters. The third-order valence-electron chi connectivity index (χ3n) is 4.43. The van der Waals surface area contributed by atoms with Gasteiger partial charge in [-0.15, -0.1) is 0 Å². The van der Waals surface area contributed by atoms with Gasteiger partial charge in [0, 0.05) is 5.71 Å². The van der Waals surface area contributed by atoms with Crippen molar-refractivity contribution in [3.05, 3.63) is 90.0 Å². The van der Waals surface area contributed by atoms with Gasteiger partial charge in [-0.05, 0) is 47.6 Å². The average Bonchev–Trinajstić information content (AvgIpc) is 2.85. The molecule has 1 aliphatic heterocycles. The maximum absolute atomic E-state index is 4.93. The molecule has 0 saturated carbocycles. The first kappa shape index (κ1) is 14.0. The second-order valence-electron chi connectivity index (χ2n) is 5.98. The van der Waals surface area contributed by atoms with Crippen molar-refractivity contribution in [2.24, 2.45) is 4.99 Å². The van der Waals surface area contributed by atoms with Gasteiger partial charge in [0.2, 0.25) is 0 Å². The minimum Gasteiger partial charge on any atom is -0.253 e. The molecule has 23 heavy (non-hydrogen) atoms. The summed E-state index contributed by atoms with van der Waals surface area (Å²) in [5, 5.41) is 0. The van der Waals surface area contributed by atoms with Crippen molar-refractivity contribution in [3.8, 4) is 11.1 Å². The van der Waals surface area contributed by atoms with Crippen LogP contribution in [0.4, 0.5) is 5.69 Å². The molecular weight excluding hydrogens is 278 g/mol. The van der Waals surface area contributed by atoms with E-state index in [1.807, 2.05) is 0 Å².